The largest absolute Gasteiger partial charge is 0.375 e. The van der Waals surface area contributed by atoms with Gasteiger partial charge in [0.15, 0.2) is 0 Å². The molecule has 4 heteroatoms. The Balaban J connectivity index is 3.92. The van der Waals surface area contributed by atoms with Crippen molar-refractivity contribution >= 4 is 5.78 Å². The van der Waals surface area contributed by atoms with E-state index in [2.05, 4.69) is 0 Å². The number of carbonyl (C=O) groups excluding carboxylic acids is 1. The molecule has 0 unspecified atom stereocenters. The van der Waals surface area contributed by atoms with Gasteiger partial charge < -0.3 is 15.2 Å². The van der Waals surface area contributed by atoms with Gasteiger partial charge in [-0.25, -0.2) is 0 Å². The first kappa shape index (κ1) is 16.6. The van der Waals surface area contributed by atoms with Gasteiger partial charge >= 0.3 is 0 Å². The van der Waals surface area contributed by atoms with E-state index in [0.29, 0.717) is 26.2 Å². The molecule has 0 aliphatic heterocycles. The van der Waals surface area contributed by atoms with Gasteiger partial charge in [0.2, 0.25) is 0 Å². The van der Waals surface area contributed by atoms with Crippen LogP contribution in [0.5, 0.6) is 0 Å². The maximum atomic E-state index is 11.0. The van der Waals surface area contributed by atoms with Crippen LogP contribution in [0.25, 0.3) is 0 Å². The molecule has 4 nitrogen and oxygen atoms in total. The highest BCUT2D eigenvalue weighted by Gasteiger charge is 2.23. The summed E-state index contributed by atoms with van der Waals surface area (Å²) in [6.45, 7) is 11.2. The van der Waals surface area contributed by atoms with Crippen molar-refractivity contribution in [1.82, 2.24) is 0 Å². The van der Waals surface area contributed by atoms with Gasteiger partial charge in [-0.15, -0.1) is 0 Å². The first-order valence-electron chi connectivity index (χ1n) is 6.16. The Kier molecular flexibility index (Phi) is 6.90. The lowest BCUT2D eigenvalue weighted by Crippen LogP contribution is -2.33. The number of carbonyl (C=O) groups is 1. The molecular weight excluding hydrogens is 218 g/mol. The maximum Gasteiger partial charge on any atom is 0.132 e. The Morgan fingerprint density at radius 3 is 2.06 bits per heavy atom. The van der Waals surface area contributed by atoms with E-state index in [-0.39, 0.29) is 11.4 Å². The quantitative estimate of drug-likeness (QED) is 0.674. The SMILES string of the molecule is CC(=O)CC(C)(C)OCCC(C)(C)OCCN. The Hall–Kier alpha value is -0.450. The van der Waals surface area contributed by atoms with Crippen molar-refractivity contribution in [2.24, 2.45) is 5.73 Å². The highest BCUT2D eigenvalue weighted by molar-refractivity contribution is 5.76. The Morgan fingerprint density at radius 2 is 1.59 bits per heavy atom. The van der Waals surface area contributed by atoms with Gasteiger partial charge in [-0.2, -0.15) is 0 Å². The molecular formula is C13H27NO3. The average Bonchev–Trinajstić information content (AvgIpc) is 2.11. The maximum absolute atomic E-state index is 11.0. The molecule has 0 saturated carbocycles. The third kappa shape index (κ3) is 9.27. The number of rotatable bonds is 9. The number of hydrogen-bond acceptors (Lipinski definition) is 4. The molecule has 0 aromatic heterocycles. The van der Waals surface area contributed by atoms with E-state index in [0.717, 1.165) is 6.42 Å². The van der Waals surface area contributed by atoms with E-state index in [9.17, 15) is 4.79 Å². The normalized spacial score (nSPS) is 12.8. The molecule has 0 bridgehead atoms. The van der Waals surface area contributed by atoms with Crippen LogP contribution in [0.3, 0.4) is 0 Å². The zero-order valence-electron chi connectivity index (χ0n) is 11.8. The predicted octanol–water partition coefficient (Wildman–Crippen LogP) is 1.90. The standard InChI is InChI=1S/C13H27NO3/c1-11(15)10-13(4,5)16-8-6-12(2,3)17-9-7-14/h6-10,14H2,1-5H3. The van der Waals surface area contributed by atoms with E-state index in [1.54, 1.807) is 6.92 Å². The van der Waals surface area contributed by atoms with Gasteiger partial charge in [0.1, 0.15) is 5.78 Å². The van der Waals surface area contributed by atoms with Crippen LogP contribution >= 0.6 is 0 Å². The molecule has 102 valence electrons. The van der Waals surface area contributed by atoms with Gasteiger partial charge in [0.25, 0.3) is 0 Å². The summed E-state index contributed by atoms with van der Waals surface area (Å²) in [4.78, 5) is 11.0. The molecule has 0 aliphatic carbocycles. The smallest absolute Gasteiger partial charge is 0.132 e. The fourth-order valence-corrected chi connectivity index (χ4v) is 1.63. The van der Waals surface area contributed by atoms with Crippen LogP contribution in [0.1, 0.15) is 47.5 Å². The molecule has 0 radical (unpaired) electrons. The molecule has 0 spiro atoms. The van der Waals surface area contributed by atoms with Gasteiger partial charge in [-0.1, -0.05) is 0 Å². The summed E-state index contributed by atoms with van der Waals surface area (Å²) in [7, 11) is 0. The Bertz CT molecular complexity index is 237. The summed E-state index contributed by atoms with van der Waals surface area (Å²) in [5, 5.41) is 0. The van der Waals surface area contributed by atoms with Crippen LogP contribution in [0.2, 0.25) is 0 Å². The highest BCUT2D eigenvalue weighted by Crippen LogP contribution is 2.19. The van der Waals surface area contributed by atoms with Crippen molar-refractivity contribution in [3.8, 4) is 0 Å². The monoisotopic (exact) mass is 245 g/mol. The number of hydrogen-bond donors (Lipinski definition) is 1. The third-order valence-electron chi connectivity index (χ3n) is 2.48. The van der Waals surface area contributed by atoms with E-state index < -0.39 is 5.60 Å². The predicted molar refractivity (Wildman–Crippen MR) is 69.0 cm³/mol. The van der Waals surface area contributed by atoms with Gasteiger partial charge in [0.05, 0.1) is 24.4 Å². The third-order valence-corrected chi connectivity index (χ3v) is 2.48. The van der Waals surface area contributed by atoms with Crippen LogP contribution in [0.4, 0.5) is 0 Å². The lowest BCUT2D eigenvalue weighted by molar-refractivity contribution is -0.124. The van der Waals surface area contributed by atoms with E-state index >= 15 is 0 Å². The fourth-order valence-electron chi connectivity index (χ4n) is 1.63. The summed E-state index contributed by atoms with van der Waals surface area (Å²) in [6, 6.07) is 0. The van der Waals surface area contributed by atoms with Crippen LogP contribution < -0.4 is 5.73 Å². The second kappa shape index (κ2) is 7.09. The summed E-state index contributed by atoms with van der Waals surface area (Å²) in [6.07, 6.45) is 1.23. The van der Waals surface area contributed by atoms with Gasteiger partial charge in [-0.3, -0.25) is 4.79 Å². The van der Waals surface area contributed by atoms with Crippen LogP contribution in [0, 0.1) is 0 Å². The second-order valence-electron chi connectivity index (χ2n) is 5.63. The van der Waals surface area contributed by atoms with Gasteiger partial charge in [0, 0.05) is 13.0 Å². The van der Waals surface area contributed by atoms with Crippen molar-refractivity contribution in [2.75, 3.05) is 19.8 Å². The van der Waals surface area contributed by atoms with Crippen molar-refractivity contribution in [3.05, 3.63) is 0 Å². The van der Waals surface area contributed by atoms with E-state index in [1.165, 1.54) is 0 Å². The van der Waals surface area contributed by atoms with Crippen molar-refractivity contribution in [2.45, 2.75) is 58.7 Å². The molecule has 0 aromatic carbocycles. The van der Waals surface area contributed by atoms with Crippen molar-refractivity contribution in [1.29, 1.82) is 0 Å². The van der Waals surface area contributed by atoms with E-state index in [4.69, 9.17) is 15.2 Å². The lowest BCUT2D eigenvalue weighted by Gasteiger charge is -2.29. The Morgan fingerprint density at radius 1 is 1.06 bits per heavy atom. The average molecular weight is 245 g/mol. The van der Waals surface area contributed by atoms with Gasteiger partial charge in [-0.05, 0) is 41.0 Å². The van der Waals surface area contributed by atoms with Crippen molar-refractivity contribution < 1.29 is 14.3 Å². The van der Waals surface area contributed by atoms with Crippen LogP contribution in [0.15, 0.2) is 0 Å². The molecule has 2 N–H and O–H groups in total. The lowest BCUT2D eigenvalue weighted by atomic mass is 10.0. The summed E-state index contributed by atoms with van der Waals surface area (Å²) >= 11 is 0. The van der Waals surface area contributed by atoms with Crippen molar-refractivity contribution in [3.63, 3.8) is 0 Å². The molecule has 0 rings (SSSR count). The van der Waals surface area contributed by atoms with Crippen LogP contribution in [-0.2, 0) is 14.3 Å². The highest BCUT2D eigenvalue weighted by atomic mass is 16.5. The molecule has 0 amide bonds. The number of nitrogens with two attached hydrogens (primary N) is 1. The zero-order chi connectivity index (χ0) is 13.5. The molecule has 0 aliphatic rings. The first-order chi connectivity index (χ1) is 7.68. The minimum Gasteiger partial charge on any atom is -0.375 e. The molecule has 0 atom stereocenters. The number of ketones is 1. The summed E-state index contributed by atoms with van der Waals surface area (Å²) in [5.74, 6) is 0.147. The summed E-state index contributed by atoms with van der Waals surface area (Å²) in [5.41, 5.74) is 4.77. The van der Waals surface area contributed by atoms with E-state index in [1.807, 2.05) is 27.7 Å². The minimum absolute atomic E-state index is 0.147. The number of Topliss-reactive ketones (excluding diaryl/α,β-unsaturated/α-hetero) is 1. The first-order valence-corrected chi connectivity index (χ1v) is 6.16. The minimum atomic E-state index is -0.393. The molecule has 0 aromatic rings. The molecule has 0 fully saturated rings. The topological polar surface area (TPSA) is 61.5 Å². The molecule has 0 saturated heterocycles. The molecule has 0 heterocycles. The Labute approximate surface area is 105 Å². The molecule has 17 heavy (non-hydrogen) atoms. The second-order valence-corrected chi connectivity index (χ2v) is 5.63. The number of ether oxygens (including phenoxy) is 2. The zero-order valence-corrected chi connectivity index (χ0v) is 11.8. The van der Waals surface area contributed by atoms with Crippen LogP contribution in [-0.4, -0.2) is 36.7 Å². The summed E-state index contributed by atoms with van der Waals surface area (Å²) < 4.78 is 11.3. The fraction of sp³-hybridized carbons (Fsp3) is 0.923.